The quantitative estimate of drug-likeness (QED) is 0.848. The van der Waals surface area contributed by atoms with Gasteiger partial charge in [-0.15, -0.1) is 0 Å². The third-order valence-electron chi connectivity index (χ3n) is 4.70. The fourth-order valence-corrected chi connectivity index (χ4v) is 3.14. The second-order valence-corrected chi connectivity index (χ2v) is 5.98. The van der Waals surface area contributed by atoms with Gasteiger partial charge in [-0.2, -0.15) is 0 Å². The minimum Gasteiger partial charge on any atom is -0.339 e. The van der Waals surface area contributed by atoms with Gasteiger partial charge in [0.2, 0.25) is 5.91 Å². The van der Waals surface area contributed by atoms with Gasteiger partial charge in [0, 0.05) is 24.3 Å². The topological polar surface area (TPSA) is 61.4 Å². The van der Waals surface area contributed by atoms with Crippen molar-refractivity contribution in [2.45, 2.75) is 45.6 Å². The van der Waals surface area contributed by atoms with E-state index in [2.05, 4.69) is 10.6 Å². The summed E-state index contributed by atoms with van der Waals surface area (Å²) in [5.41, 5.74) is 0.810. The zero-order valence-corrected chi connectivity index (χ0v) is 14.3. The van der Waals surface area contributed by atoms with Crippen molar-refractivity contribution >= 4 is 17.5 Å². The Kier molecular flexibility index (Phi) is 5.77. The molecule has 0 radical (unpaired) electrons. The number of carbonyl (C=O) groups excluding carboxylic acids is 2. The Morgan fingerprint density at radius 1 is 1.26 bits per heavy atom. The Balaban J connectivity index is 2.14. The summed E-state index contributed by atoms with van der Waals surface area (Å²) in [5, 5.41) is 6.30. The number of nitrogens with zero attached hydrogens (tertiary/aromatic N) is 1. The molecular formula is C18H27N3O2. The van der Waals surface area contributed by atoms with E-state index in [-0.39, 0.29) is 11.8 Å². The third-order valence-corrected chi connectivity index (χ3v) is 4.70. The summed E-state index contributed by atoms with van der Waals surface area (Å²) in [4.78, 5) is 26.8. The molecule has 1 fully saturated rings. The van der Waals surface area contributed by atoms with Crippen molar-refractivity contribution in [2.24, 2.45) is 0 Å². The van der Waals surface area contributed by atoms with E-state index in [1.807, 2.05) is 32.9 Å². The van der Waals surface area contributed by atoms with E-state index in [0.29, 0.717) is 24.3 Å². The molecule has 1 aliphatic rings. The first kappa shape index (κ1) is 17.5. The summed E-state index contributed by atoms with van der Waals surface area (Å²) >= 11 is 0. The molecule has 0 aromatic heterocycles. The maximum atomic E-state index is 12.6. The molecule has 1 aromatic rings. The first-order chi connectivity index (χ1) is 11.1. The van der Waals surface area contributed by atoms with E-state index in [1.165, 1.54) is 0 Å². The number of hydrogen-bond acceptors (Lipinski definition) is 3. The number of carbonyl (C=O) groups is 2. The summed E-state index contributed by atoms with van der Waals surface area (Å²) in [7, 11) is 0. The van der Waals surface area contributed by atoms with Crippen molar-refractivity contribution in [2.75, 3.05) is 25.0 Å². The molecule has 1 aromatic carbocycles. The van der Waals surface area contributed by atoms with E-state index in [4.69, 9.17) is 0 Å². The molecule has 1 heterocycles. The van der Waals surface area contributed by atoms with Crippen LogP contribution in [-0.4, -0.2) is 41.9 Å². The second kappa shape index (κ2) is 7.59. The molecule has 1 unspecified atom stereocenters. The summed E-state index contributed by atoms with van der Waals surface area (Å²) in [5.74, 6) is -0.0137. The molecule has 1 aliphatic heterocycles. The average Bonchev–Trinajstić information content (AvgIpc) is 3.06. The largest absolute Gasteiger partial charge is 0.339 e. The van der Waals surface area contributed by atoms with Gasteiger partial charge in [0.1, 0.15) is 0 Å². The molecule has 5 nitrogen and oxygen atoms in total. The monoisotopic (exact) mass is 317 g/mol. The number of benzene rings is 1. The fourth-order valence-electron chi connectivity index (χ4n) is 3.14. The zero-order chi connectivity index (χ0) is 16.9. The smallest absolute Gasteiger partial charge is 0.253 e. The molecule has 2 amide bonds. The van der Waals surface area contributed by atoms with E-state index in [0.717, 1.165) is 25.8 Å². The van der Waals surface area contributed by atoms with Crippen LogP contribution in [-0.2, 0) is 4.79 Å². The maximum absolute atomic E-state index is 12.6. The molecular weight excluding hydrogens is 290 g/mol. The van der Waals surface area contributed by atoms with Crippen LogP contribution < -0.4 is 10.6 Å². The van der Waals surface area contributed by atoms with Crippen molar-refractivity contribution < 1.29 is 9.59 Å². The number of nitrogens with one attached hydrogen (secondary N) is 2. The van der Waals surface area contributed by atoms with Crippen molar-refractivity contribution in [3.8, 4) is 0 Å². The Labute approximate surface area is 138 Å². The minimum absolute atomic E-state index is 0.00436. The SMILES string of the molecule is CCN(CC)C(=O)c1cccc(NC(=O)C2(CC)CCCN2)c1. The highest BCUT2D eigenvalue weighted by Gasteiger charge is 2.39. The van der Waals surface area contributed by atoms with Gasteiger partial charge in [-0.25, -0.2) is 0 Å². The van der Waals surface area contributed by atoms with E-state index in [1.54, 1.807) is 17.0 Å². The zero-order valence-electron chi connectivity index (χ0n) is 14.3. The van der Waals surface area contributed by atoms with Gasteiger partial charge in [-0.3, -0.25) is 9.59 Å². The van der Waals surface area contributed by atoms with Gasteiger partial charge in [-0.1, -0.05) is 13.0 Å². The Morgan fingerprint density at radius 2 is 2.00 bits per heavy atom. The highest BCUT2D eigenvalue weighted by molar-refractivity contribution is 6.00. The molecule has 0 saturated carbocycles. The molecule has 23 heavy (non-hydrogen) atoms. The Hall–Kier alpha value is -1.88. The number of hydrogen-bond donors (Lipinski definition) is 2. The second-order valence-electron chi connectivity index (χ2n) is 5.98. The van der Waals surface area contributed by atoms with Gasteiger partial charge in [0.05, 0.1) is 5.54 Å². The Bertz CT molecular complexity index is 561. The van der Waals surface area contributed by atoms with Crippen LogP contribution in [0.4, 0.5) is 5.69 Å². The standard InChI is InChI=1S/C18H27N3O2/c1-4-18(11-8-12-19-18)17(23)20-15-10-7-9-14(13-15)16(22)21(5-2)6-3/h7,9-10,13,19H,4-6,8,11-12H2,1-3H3,(H,20,23). The average molecular weight is 317 g/mol. The molecule has 1 saturated heterocycles. The van der Waals surface area contributed by atoms with Crippen molar-refractivity contribution in [3.05, 3.63) is 29.8 Å². The molecule has 5 heteroatoms. The number of rotatable bonds is 6. The van der Waals surface area contributed by atoms with Crippen LogP contribution in [0, 0.1) is 0 Å². The lowest BCUT2D eigenvalue weighted by Crippen LogP contribution is -2.50. The first-order valence-corrected chi connectivity index (χ1v) is 8.52. The summed E-state index contributed by atoms with van der Waals surface area (Å²) in [6.45, 7) is 8.18. The van der Waals surface area contributed by atoms with E-state index >= 15 is 0 Å². The molecule has 0 aliphatic carbocycles. The number of amides is 2. The Morgan fingerprint density at radius 3 is 2.57 bits per heavy atom. The maximum Gasteiger partial charge on any atom is 0.253 e. The van der Waals surface area contributed by atoms with Gasteiger partial charge in [-0.05, 0) is 57.9 Å². The first-order valence-electron chi connectivity index (χ1n) is 8.52. The predicted octanol–water partition coefficient (Wildman–Crippen LogP) is 2.64. The lowest BCUT2D eigenvalue weighted by molar-refractivity contribution is -0.122. The van der Waals surface area contributed by atoms with Gasteiger partial charge >= 0.3 is 0 Å². The van der Waals surface area contributed by atoms with Crippen LogP contribution in [0.1, 0.15) is 50.4 Å². The lowest BCUT2D eigenvalue weighted by atomic mass is 9.93. The van der Waals surface area contributed by atoms with Crippen LogP contribution in [0.5, 0.6) is 0 Å². The van der Waals surface area contributed by atoms with E-state index < -0.39 is 5.54 Å². The van der Waals surface area contributed by atoms with Crippen molar-refractivity contribution in [3.63, 3.8) is 0 Å². The van der Waals surface area contributed by atoms with Crippen LogP contribution in [0.15, 0.2) is 24.3 Å². The molecule has 2 rings (SSSR count). The van der Waals surface area contributed by atoms with Crippen molar-refractivity contribution in [1.82, 2.24) is 10.2 Å². The summed E-state index contributed by atoms with van der Waals surface area (Å²) in [6, 6.07) is 7.19. The third kappa shape index (κ3) is 3.72. The summed E-state index contributed by atoms with van der Waals surface area (Å²) < 4.78 is 0. The summed E-state index contributed by atoms with van der Waals surface area (Å²) in [6.07, 6.45) is 2.63. The predicted molar refractivity (Wildman–Crippen MR) is 92.6 cm³/mol. The number of anilines is 1. The van der Waals surface area contributed by atoms with Crippen molar-refractivity contribution in [1.29, 1.82) is 0 Å². The highest BCUT2D eigenvalue weighted by atomic mass is 16.2. The lowest BCUT2D eigenvalue weighted by Gasteiger charge is -2.26. The van der Waals surface area contributed by atoms with Crippen LogP contribution >= 0.6 is 0 Å². The van der Waals surface area contributed by atoms with Crippen LogP contribution in [0.2, 0.25) is 0 Å². The molecule has 2 N–H and O–H groups in total. The fraction of sp³-hybridized carbons (Fsp3) is 0.556. The minimum atomic E-state index is -0.473. The van der Waals surface area contributed by atoms with Gasteiger partial charge in [0.15, 0.2) is 0 Å². The van der Waals surface area contributed by atoms with Gasteiger partial charge in [0.25, 0.3) is 5.91 Å². The van der Waals surface area contributed by atoms with Gasteiger partial charge < -0.3 is 15.5 Å². The highest BCUT2D eigenvalue weighted by Crippen LogP contribution is 2.25. The molecule has 0 bridgehead atoms. The molecule has 1 atom stereocenters. The van der Waals surface area contributed by atoms with E-state index in [9.17, 15) is 9.59 Å². The van der Waals surface area contributed by atoms with Crippen LogP contribution in [0.3, 0.4) is 0 Å². The molecule has 126 valence electrons. The molecule has 0 spiro atoms. The van der Waals surface area contributed by atoms with Crippen LogP contribution in [0.25, 0.3) is 0 Å². The normalized spacial score (nSPS) is 20.3.